The van der Waals surface area contributed by atoms with E-state index in [-0.39, 0.29) is 35.6 Å². The Bertz CT molecular complexity index is 1450. The highest BCUT2D eigenvalue weighted by Crippen LogP contribution is 2.63. The molecule has 4 aliphatic carbocycles. The summed E-state index contributed by atoms with van der Waals surface area (Å²) in [4.78, 5) is 24.3. The van der Waals surface area contributed by atoms with Crippen LogP contribution in [-0.2, 0) is 4.79 Å². The van der Waals surface area contributed by atoms with E-state index in [2.05, 4.69) is 41.5 Å². The number of urea groups is 1. The lowest BCUT2D eigenvalue weighted by Gasteiger charge is -2.52. The van der Waals surface area contributed by atoms with Crippen LogP contribution in [-0.4, -0.2) is 29.6 Å². The summed E-state index contributed by atoms with van der Waals surface area (Å²) in [5.41, 5.74) is 6.71. The maximum absolute atomic E-state index is 13.0. The Morgan fingerprint density at radius 1 is 1.05 bits per heavy atom. The van der Waals surface area contributed by atoms with E-state index in [1.165, 1.54) is 46.5 Å². The van der Waals surface area contributed by atoms with Gasteiger partial charge in [-0.1, -0.05) is 36.5 Å². The van der Waals surface area contributed by atoms with Crippen molar-refractivity contribution in [3.05, 3.63) is 88.3 Å². The van der Waals surface area contributed by atoms with Crippen LogP contribution >= 0.6 is 0 Å². The predicted molar refractivity (Wildman–Crippen MR) is 153 cm³/mol. The number of nitrogens with one attached hydrogen (secondary N) is 2. The molecule has 3 N–H and O–H groups in total. The summed E-state index contributed by atoms with van der Waals surface area (Å²) in [6.45, 7) is 2.47. The standard InChI is InChI=1S/C34H35FN2O3/c1-34-20-29(32-27-15-13-26(38)19-23(27)8-14-28(32)30(34)16-17-31(34)39)22-6-4-21(5-7-22)3-2-18-36-33(40)37-25-11-9-24(35)10-12-25/h4-7,9-12,19,28-31,39H,8,13-18,20H2,1H3,(H2,36,37,40)/t28?,29-,30?,31?,34?/m1/s1. The van der Waals surface area contributed by atoms with Gasteiger partial charge in [0.1, 0.15) is 5.82 Å². The summed E-state index contributed by atoms with van der Waals surface area (Å²) in [5, 5.41) is 16.4. The van der Waals surface area contributed by atoms with Crippen molar-refractivity contribution < 1.29 is 19.1 Å². The van der Waals surface area contributed by atoms with Gasteiger partial charge in [0.2, 0.25) is 0 Å². The number of carbonyl (C=O) groups is 2. The molecule has 2 amide bonds. The fraction of sp³-hybridized carbons (Fsp3) is 0.412. The first-order valence-corrected chi connectivity index (χ1v) is 14.4. The highest BCUT2D eigenvalue weighted by atomic mass is 19.1. The normalized spacial score (nSPS) is 28.9. The zero-order valence-corrected chi connectivity index (χ0v) is 22.8. The van der Waals surface area contributed by atoms with Crippen LogP contribution in [0.4, 0.5) is 14.9 Å². The Morgan fingerprint density at radius 2 is 1.82 bits per heavy atom. The Balaban J connectivity index is 1.19. The first-order valence-electron chi connectivity index (χ1n) is 14.4. The number of anilines is 1. The average Bonchev–Trinajstić information content (AvgIpc) is 3.25. The molecular formula is C34H35FN2O3. The van der Waals surface area contributed by atoms with Gasteiger partial charge in [-0.2, -0.15) is 0 Å². The van der Waals surface area contributed by atoms with Crippen LogP contribution in [0.25, 0.3) is 0 Å². The van der Waals surface area contributed by atoms with Crippen molar-refractivity contribution in [2.24, 2.45) is 17.3 Å². The number of rotatable bonds is 3. The number of ketones is 1. The SMILES string of the molecule is CC12C[C@H](c3ccc(C#CCNC(=O)Nc4ccc(F)cc4)cc3)C3=C4CCC(=O)C=C4CCC3C1CCC2O. The van der Waals surface area contributed by atoms with Gasteiger partial charge < -0.3 is 15.7 Å². The van der Waals surface area contributed by atoms with E-state index in [9.17, 15) is 19.1 Å². The molecule has 5 atom stereocenters. The molecule has 0 bridgehead atoms. The highest BCUT2D eigenvalue weighted by Gasteiger charge is 2.56. The number of halogens is 1. The number of benzene rings is 2. The van der Waals surface area contributed by atoms with Gasteiger partial charge in [-0.25, -0.2) is 9.18 Å². The third kappa shape index (κ3) is 4.99. The van der Waals surface area contributed by atoms with Gasteiger partial charge >= 0.3 is 6.03 Å². The summed E-state index contributed by atoms with van der Waals surface area (Å²) >= 11 is 0. The predicted octanol–water partition coefficient (Wildman–Crippen LogP) is 6.26. The molecule has 0 radical (unpaired) electrons. The Kier molecular flexibility index (Phi) is 7.10. The van der Waals surface area contributed by atoms with E-state index in [4.69, 9.17) is 0 Å². The zero-order chi connectivity index (χ0) is 27.9. The van der Waals surface area contributed by atoms with Crippen LogP contribution in [0.2, 0.25) is 0 Å². The third-order valence-corrected chi connectivity index (χ3v) is 9.67. The number of aliphatic hydroxyl groups excluding tert-OH is 1. The molecule has 4 aliphatic rings. The molecule has 0 heterocycles. The maximum atomic E-state index is 13.0. The molecule has 4 unspecified atom stereocenters. The molecule has 0 aliphatic heterocycles. The lowest BCUT2D eigenvalue weighted by atomic mass is 9.53. The Morgan fingerprint density at radius 3 is 2.60 bits per heavy atom. The van der Waals surface area contributed by atoms with Gasteiger partial charge in [0.25, 0.3) is 0 Å². The van der Waals surface area contributed by atoms with Crippen LogP contribution < -0.4 is 10.6 Å². The van der Waals surface area contributed by atoms with Crippen LogP contribution in [0.15, 0.2) is 71.3 Å². The Labute approximate surface area is 234 Å². The number of fused-ring (bicyclic) bond motifs is 4. The molecule has 40 heavy (non-hydrogen) atoms. The summed E-state index contributed by atoms with van der Waals surface area (Å²) < 4.78 is 13.0. The minimum atomic E-state index is -0.399. The van der Waals surface area contributed by atoms with E-state index < -0.39 is 6.03 Å². The first kappa shape index (κ1) is 26.5. The first-order chi connectivity index (χ1) is 19.3. The molecule has 2 aromatic rings. The van der Waals surface area contributed by atoms with Crippen LogP contribution in [0.1, 0.15) is 68.9 Å². The molecule has 2 fully saturated rings. The van der Waals surface area contributed by atoms with Crippen molar-refractivity contribution >= 4 is 17.5 Å². The van der Waals surface area contributed by atoms with E-state index in [0.29, 0.717) is 23.9 Å². The van der Waals surface area contributed by atoms with Crippen molar-refractivity contribution in [2.45, 2.75) is 63.9 Å². The second-order valence-corrected chi connectivity index (χ2v) is 11.9. The van der Waals surface area contributed by atoms with Crippen LogP contribution in [0.5, 0.6) is 0 Å². The van der Waals surface area contributed by atoms with Gasteiger partial charge in [0.05, 0.1) is 12.6 Å². The second kappa shape index (κ2) is 10.7. The van der Waals surface area contributed by atoms with Crippen molar-refractivity contribution in [3.63, 3.8) is 0 Å². The third-order valence-electron chi connectivity index (χ3n) is 9.67. The van der Waals surface area contributed by atoms with Crippen LogP contribution in [0.3, 0.4) is 0 Å². The van der Waals surface area contributed by atoms with E-state index in [0.717, 1.165) is 44.1 Å². The molecule has 5 nitrogen and oxygen atoms in total. The number of aliphatic hydroxyl groups is 1. The smallest absolute Gasteiger partial charge is 0.319 e. The van der Waals surface area contributed by atoms with Crippen LogP contribution in [0, 0.1) is 34.9 Å². The number of allylic oxidation sites excluding steroid dienone is 4. The largest absolute Gasteiger partial charge is 0.393 e. The number of carbonyl (C=O) groups excluding carboxylic acids is 2. The zero-order valence-electron chi connectivity index (χ0n) is 22.8. The molecule has 2 saturated carbocycles. The molecule has 2 aromatic carbocycles. The summed E-state index contributed by atoms with van der Waals surface area (Å²) in [5.74, 6) is 7.19. The summed E-state index contributed by atoms with van der Waals surface area (Å²) in [6, 6.07) is 13.6. The lowest BCUT2D eigenvalue weighted by Crippen LogP contribution is -2.45. The fourth-order valence-corrected chi connectivity index (χ4v) is 7.71. The van der Waals surface area contributed by atoms with Gasteiger partial charge in [-0.05, 0) is 115 Å². The molecule has 0 spiro atoms. The van der Waals surface area contributed by atoms with E-state index in [1.807, 2.05) is 18.2 Å². The van der Waals surface area contributed by atoms with Crippen molar-refractivity contribution in [2.75, 3.05) is 11.9 Å². The van der Waals surface area contributed by atoms with Gasteiger partial charge in [0, 0.05) is 23.6 Å². The van der Waals surface area contributed by atoms with E-state index in [1.54, 1.807) is 0 Å². The molecular weight excluding hydrogens is 503 g/mol. The topological polar surface area (TPSA) is 78.4 Å². The molecule has 6 heteroatoms. The van der Waals surface area contributed by atoms with Crippen molar-refractivity contribution in [1.82, 2.24) is 5.32 Å². The summed E-state index contributed by atoms with van der Waals surface area (Å²) in [6.07, 6.45) is 7.96. The monoisotopic (exact) mass is 538 g/mol. The minimum Gasteiger partial charge on any atom is -0.393 e. The fourth-order valence-electron chi connectivity index (χ4n) is 7.71. The maximum Gasteiger partial charge on any atom is 0.319 e. The highest BCUT2D eigenvalue weighted by molar-refractivity contribution is 5.93. The second-order valence-electron chi connectivity index (χ2n) is 11.9. The van der Waals surface area contributed by atoms with Crippen molar-refractivity contribution in [3.8, 4) is 11.8 Å². The lowest BCUT2D eigenvalue weighted by molar-refractivity contribution is -0.114. The van der Waals surface area contributed by atoms with Crippen molar-refractivity contribution in [1.29, 1.82) is 0 Å². The van der Waals surface area contributed by atoms with Gasteiger partial charge in [-0.3, -0.25) is 4.79 Å². The quantitative estimate of drug-likeness (QED) is 0.404. The number of hydrogen-bond acceptors (Lipinski definition) is 3. The van der Waals surface area contributed by atoms with Gasteiger partial charge in [0.15, 0.2) is 5.78 Å². The molecule has 0 aromatic heterocycles. The van der Waals surface area contributed by atoms with E-state index >= 15 is 0 Å². The number of hydrogen-bond donors (Lipinski definition) is 3. The average molecular weight is 539 g/mol. The Hall–Kier alpha value is -3.69. The summed E-state index contributed by atoms with van der Waals surface area (Å²) in [7, 11) is 0. The molecule has 206 valence electrons. The molecule has 6 rings (SSSR count). The minimum absolute atomic E-state index is 0.0935. The molecule has 0 saturated heterocycles. The van der Waals surface area contributed by atoms with Gasteiger partial charge in [-0.15, -0.1) is 0 Å². The number of amides is 2.